The Bertz CT molecular complexity index is 837. The highest BCUT2D eigenvalue weighted by Crippen LogP contribution is 2.34. The Hall–Kier alpha value is -2.72. The molecule has 2 N–H and O–H groups in total. The molecule has 0 aliphatic heterocycles. The second-order valence-electron chi connectivity index (χ2n) is 4.72. The summed E-state index contributed by atoms with van der Waals surface area (Å²) in [5.74, 6) is -0.808. The Labute approximate surface area is 130 Å². The summed E-state index contributed by atoms with van der Waals surface area (Å²) in [6, 6.07) is 11.8. The molecule has 0 atom stereocenters. The molecular weight excluding hydrogens is 304 g/mol. The van der Waals surface area contributed by atoms with E-state index >= 15 is 0 Å². The molecule has 1 heterocycles. The van der Waals surface area contributed by atoms with Crippen molar-refractivity contribution in [3.63, 3.8) is 0 Å². The molecule has 3 rings (SSSR count). The summed E-state index contributed by atoms with van der Waals surface area (Å²) in [5.41, 5.74) is 1.13. The number of aromatic hydroxyl groups is 2. The van der Waals surface area contributed by atoms with Crippen molar-refractivity contribution in [1.82, 2.24) is 0 Å². The fraction of sp³-hybridized carbons (Fsp3) is 0. The second kappa shape index (κ2) is 5.58. The Morgan fingerprint density at radius 1 is 1.14 bits per heavy atom. The average Bonchev–Trinajstić information content (AvgIpc) is 2.94. The number of hydrogen-bond donors (Lipinski definition) is 2. The zero-order valence-electron chi connectivity index (χ0n) is 11.3. The fourth-order valence-corrected chi connectivity index (χ4v) is 2.28. The summed E-state index contributed by atoms with van der Waals surface area (Å²) in [6.45, 7) is 0. The minimum atomic E-state index is -0.387. The van der Waals surface area contributed by atoms with E-state index in [1.54, 1.807) is 12.1 Å². The third kappa shape index (κ3) is 2.69. The number of ketones is 1. The summed E-state index contributed by atoms with van der Waals surface area (Å²) in [7, 11) is 0. The number of carbonyl (C=O) groups is 1. The van der Waals surface area contributed by atoms with Crippen molar-refractivity contribution in [2.45, 2.75) is 0 Å². The minimum Gasteiger partial charge on any atom is -0.504 e. The van der Waals surface area contributed by atoms with Crippen molar-refractivity contribution < 1.29 is 19.4 Å². The van der Waals surface area contributed by atoms with E-state index in [9.17, 15) is 15.0 Å². The number of benzene rings is 2. The number of phenols is 2. The highest BCUT2D eigenvalue weighted by molar-refractivity contribution is 6.32. The van der Waals surface area contributed by atoms with E-state index in [1.165, 1.54) is 24.3 Å². The number of carbonyl (C=O) groups excluding carboxylic acids is 1. The zero-order valence-corrected chi connectivity index (χ0v) is 12.0. The first-order valence-corrected chi connectivity index (χ1v) is 6.85. The molecular formula is C17H11ClO4. The standard InChI is InChI=1S/C17H11ClO4/c18-12-7-10(8-14(20)17(12)21)5-6-13(19)16-9-11-3-1-2-4-15(11)22-16/h1-9,20-21H/b6-5+. The van der Waals surface area contributed by atoms with Gasteiger partial charge in [0.25, 0.3) is 0 Å². The summed E-state index contributed by atoms with van der Waals surface area (Å²) >= 11 is 5.76. The van der Waals surface area contributed by atoms with Gasteiger partial charge in [-0.15, -0.1) is 0 Å². The van der Waals surface area contributed by atoms with Gasteiger partial charge >= 0.3 is 0 Å². The fourth-order valence-electron chi connectivity index (χ4n) is 2.06. The van der Waals surface area contributed by atoms with Gasteiger partial charge in [0.2, 0.25) is 5.78 Å². The predicted molar refractivity (Wildman–Crippen MR) is 84.4 cm³/mol. The number of halogens is 1. The van der Waals surface area contributed by atoms with Gasteiger partial charge in [-0.3, -0.25) is 4.79 Å². The molecule has 5 heteroatoms. The van der Waals surface area contributed by atoms with Crippen LogP contribution in [-0.4, -0.2) is 16.0 Å². The lowest BCUT2D eigenvalue weighted by atomic mass is 10.1. The lowest BCUT2D eigenvalue weighted by molar-refractivity contribution is 0.102. The number of hydrogen-bond acceptors (Lipinski definition) is 4. The van der Waals surface area contributed by atoms with Gasteiger partial charge < -0.3 is 14.6 Å². The average molecular weight is 315 g/mol. The third-order valence-electron chi connectivity index (χ3n) is 3.16. The van der Waals surface area contributed by atoms with Crippen LogP contribution < -0.4 is 0 Å². The highest BCUT2D eigenvalue weighted by Gasteiger charge is 2.10. The monoisotopic (exact) mass is 314 g/mol. The minimum absolute atomic E-state index is 0.0100. The molecule has 2 aromatic carbocycles. The third-order valence-corrected chi connectivity index (χ3v) is 3.45. The predicted octanol–water partition coefficient (Wildman–Crippen LogP) is 4.39. The van der Waals surface area contributed by atoms with E-state index in [0.29, 0.717) is 11.1 Å². The normalized spacial score (nSPS) is 11.3. The molecule has 0 fully saturated rings. The molecule has 3 aromatic rings. The Morgan fingerprint density at radius 3 is 2.64 bits per heavy atom. The molecule has 22 heavy (non-hydrogen) atoms. The summed E-state index contributed by atoms with van der Waals surface area (Å²) in [4.78, 5) is 12.1. The van der Waals surface area contributed by atoms with Crippen molar-refractivity contribution in [2.75, 3.05) is 0 Å². The number of furan rings is 1. The lowest BCUT2D eigenvalue weighted by Crippen LogP contribution is -1.90. The maximum Gasteiger partial charge on any atom is 0.221 e. The number of phenolic OH excluding ortho intramolecular Hbond substituents is 2. The summed E-state index contributed by atoms with van der Waals surface area (Å²) < 4.78 is 5.47. The van der Waals surface area contributed by atoms with E-state index in [2.05, 4.69) is 0 Å². The molecule has 0 aliphatic carbocycles. The van der Waals surface area contributed by atoms with Crippen LogP contribution in [0.5, 0.6) is 11.5 Å². The first-order chi connectivity index (χ1) is 10.5. The molecule has 0 amide bonds. The maximum atomic E-state index is 12.1. The van der Waals surface area contributed by atoms with Crippen LogP contribution in [0.15, 0.2) is 53.0 Å². The van der Waals surface area contributed by atoms with Crippen LogP contribution >= 0.6 is 11.6 Å². The van der Waals surface area contributed by atoms with Crippen LogP contribution in [0, 0.1) is 0 Å². The zero-order chi connectivity index (χ0) is 15.7. The van der Waals surface area contributed by atoms with Gasteiger partial charge in [-0.1, -0.05) is 35.9 Å². The lowest BCUT2D eigenvalue weighted by Gasteiger charge is -2.01. The van der Waals surface area contributed by atoms with Gasteiger partial charge in [0.15, 0.2) is 17.3 Å². The first kappa shape index (κ1) is 14.2. The van der Waals surface area contributed by atoms with Crippen LogP contribution in [0.2, 0.25) is 5.02 Å². The molecule has 0 saturated carbocycles. The van der Waals surface area contributed by atoms with Crippen molar-refractivity contribution >= 4 is 34.4 Å². The van der Waals surface area contributed by atoms with Crippen LogP contribution in [0.25, 0.3) is 17.0 Å². The van der Waals surface area contributed by atoms with E-state index in [-0.39, 0.29) is 28.1 Å². The van der Waals surface area contributed by atoms with Crippen LogP contribution in [0.4, 0.5) is 0 Å². The van der Waals surface area contributed by atoms with Gasteiger partial charge in [-0.25, -0.2) is 0 Å². The quantitative estimate of drug-likeness (QED) is 0.427. The number of para-hydroxylation sites is 1. The van der Waals surface area contributed by atoms with E-state index in [4.69, 9.17) is 16.0 Å². The number of rotatable bonds is 3. The Kier molecular flexibility index (Phi) is 3.61. The van der Waals surface area contributed by atoms with Gasteiger partial charge in [0.1, 0.15) is 5.58 Å². The van der Waals surface area contributed by atoms with Crippen molar-refractivity contribution in [2.24, 2.45) is 0 Å². The molecule has 1 aromatic heterocycles. The molecule has 0 aliphatic rings. The SMILES string of the molecule is O=C(/C=C/c1cc(O)c(O)c(Cl)c1)c1cc2ccccc2o1. The van der Waals surface area contributed by atoms with E-state index in [1.807, 2.05) is 18.2 Å². The molecule has 4 nitrogen and oxygen atoms in total. The van der Waals surface area contributed by atoms with Crippen LogP contribution in [0.3, 0.4) is 0 Å². The number of fused-ring (bicyclic) bond motifs is 1. The first-order valence-electron chi connectivity index (χ1n) is 6.47. The molecule has 0 unspecified atom stereocenters. The molecule has 0 saturated heterocycles. The molecule has 0 radical (unpaired) electrons. The van der Waals surface area contributed by atoms with E-state index in [0.717, 1.165) is 5.39 Å². The topological polar surface area (TPSA) is 70.7 Å². The number of allylic oxidation sites excluding steroid dienone is 1. The maximum absolute atomic E-state index is 12.1. The summed E-state index contributed by atoms with van der Waals surface area (Å²) in [6.07, 6.45) is 2.81. The van der Waals surface area contributed by atoms with Gasteiger partial charge in [0, 0.05) is 5.39 Å². The Balaban J connectivity index is 1.87. The van der Waals surface area contributed by atoms with E-state index < -0.39 is 0 Å². The second-order valence-corrected chi connectivity index (χ2v) is 5.12. The van der Waals surface area contributed by atoms with Crippen LogP contribution in [-0.2, 0) is 0 Å². The van der Waals surface area contributed by atoms with Crippen LogP contribution in [0.1, 0.15) is 16.1 Å². The molecule has 0 bridgehead atoms. The smallest absolute Gasteiger partial charge is 0.221 e. The molecule has 0 spiro atoms. The van der Waals surface area contributed by atoms with Gasteiger partial charge in [-0.2, -0.15) is 0 Å². The highest BCUT2D eigenvalue weighted by atomic mass is 35.5. The molecule has 110 valence electrons. The van der Waals surface area contributed by atoms with Crippen molar-refractivity contribution in [3.05, 3.63) is 64.9 Å². The summed E-state index contributed by atoms with van der Waals surface area (Å²) in [5, 5.41) is 19.7. The van der Waals surface area contributed by atoms with Gasteiger partial charge in [0.05, 0.1) is 5.02 Å². The van der Waals surface area contributed by atoms with Gasteiger partial charge in [-0.05, 0) is 35.9 Å². The Morgan fingerprint density at radius 2 is 1.91 bits per heavy atom. The largest absolute Gasteiger partial charge is 0.504 e. The van der Waals surface area contributed by atoms with Crippen molar-refractivity contribution in [1.29, 1.82) is 0 Å². The van der Waals surface area contributed by atoms with Crippen molar-refractivity contribution in [3.8, 4) is 11.5 Å².